The number of hydrogen-bond acceptors (Lipinski definition) is 4. The van der Waals surface area contributed by atoms with E-state index >= 15 is 0 Å². The van der Waals surface area contributed by atoms with E-state index in [4.69, 9.17) is 0 Å². The quantitative estimate of drug-likeness (QED) is 0.774. The molecule has 0 aliphatic carbocycles. The molecule has 3 heterocycles. The summed E-state index contributed by atoms with van der Waals surface area (Å²) in [6.07, 6.45) is 3.16. The SMILES string of the molecule is O=C(CN1CCn2nc(C(=O)N3CCCCC3)cc2C1=O)c1ccccc1. The van der Waals surface area contributed by atoms with Crippen LogP contribution >= 0.6 is 0 Å². The number of rotatable bonds is 4. The highest BCUT2D eigenvalue weighted by Crippen LogP contribution is 2.18. The Morgan fingerprint density at radius 2 is 1.70 bits per heavy atom. The molecule has 4 rings (SSSR count). The number of nitrogens with zero attached hydrogens (tertiary/aromatic N) is 4. The Morgan fingerprint density at radius 3 is 2.44 bits per heavy atom. The fourth-order valence-corrected chi connectivity index (χ4v) is 3.64. The number of carbonyl (C=O) groups excluding carboxylic acids is 3. The first kappa shape index (κ1) is 17.5. The Morgan fingerprint density at radius 1 is 0.963 bits per heavy atom. The number of ketones is 1. The summed E-state index contributed by atoms with van der Waals surface area (Å²) >= 11 is 0. The lowest BCUT2D eigenvalue weighted by atomic mass is 10.1. The van der Waals surface area contributed by atoms with E-state index in [1.165, 1.54) is 4.90 Å². The highest BCUT2D eigenvalue weighted by molar-refractivity contribution is 6.03. The van der Waals surface area contributed by atoms with Gasteiger partial charge in [0.2, 0.25) is 0 Å². The Kier molecular flexibility index (Phi) is 4.75. The average molecular weight is 366 g/mol. The maximum absolute atomic E-state index is 12.8. The average Bonchev–Trinajstić information content (AvgIpc) is 3.16. The molecular formula is C20H22N4O3. The second-order valence-electron chi connectivity index (χ2n) is 7.01. The van der Waals surface area contributed by atoms with E-state index in [0.717, 1.165) is 32.4 Å². The zero-order chi connectivity index (χ0) is 18.8. The number of likely N-dealkylation sites (tertiary alicyclic amines) is 1. The molecule has 1 aromatic carbocycles. The molecule has 0 saturated carbocycles. The summed E-state index contributed by atoms with van der Waals surface area (Å²) in [5.41, 5.74) is 1.28. The van der Waals surface area contributed by atoms with Crippen molar-refractivity contribution in [2.24, 2.45) is 0 Å². The first-order chi connectivity index (χ1) is 13.1. The van der Waals surface area contributed by atoms with Gasteiger partial charge in [-0.1, -0.05) is 30.3 Å². The Balaban J connectivity index is 1.48. The van der Waals surface area contributed by atoms with Gasteiger partial charge < -0.3 is 9.80 Å². The third-order valence-corrected chi connectivity index (χ3v) is 5.16. The topological polar surface area (TPSA) is 75.5 Å². The minimum Gasteiger partial charge on any atom is -0.337 e. The lowest BCUT2D eigenvalue weighted by Gasteiger charge is -2.26. The minimum absolute atomic E-state index is 0.0312. The van der Waals surface area contributed by atoms with Crippen LogP contribution in [-0.4, -0.2) is 63.4 Å². The van der Waals surface area contributed by atoms with Gasteiger partial charge in [-0.05, 0) is 19.3 Å². The zero-order valence-electron chi connectivity index (χ0n) is 15.1. The van der Waals surface area contributed by atoms with Crippen molar-refractivity contribution in [3.8, 4) is 0 Å². The van der Waals surface area contributed by atoms with Crippen molar-refractivity contribution in [1.82, 2.24) is 19.6 Å². The molecule has 0 spiro atoms. The Bertz CT molecular complexity index is 869. The number of amides is 2. The summed E-state index contributed by atoms with van der Waals surface area (Å²) < 4.78 is 1.59. The molecule has 0 radical (unpaired) electrons. The molecule has 1 aromatic heterocycles. The molecule has 2 aliphatic heterocycles. The second-order valence-corrected chi connectivity index (χ2v) is 7.01. The maximum Gasteiger partial charge on any atom is 0.274 e. The molecule has 0 N–H and O–H groups in total. The zero-order valence-corrected chi connectivity index (χ0v) is 15.1. The highest BCUT2D eigenvalue weighted by Gasteiger charge is 2.30. The molecular weight excluding hydrogens is 344 g/mol. The predicted molar refractivity (Wildman–Crippen MR) is 98.7 cm³/mol. The third kappa shape index (κ3) is 3.49. The number of carbonyl (C=O) groups is 3. The van der Waals surface area contributed by atoms with Crippen molar-refractivity contribution < 1.29 is 14.4 Å². The number of fused-ring (bicyclic) bond motifs is 1. The van der Waals surface area contributed by atoms with Gasteiger partial charge >= 0.3 is 0 Å². The van der Waals surface area contributed by atoms with Gasteiger partial charge in [0.25, 0.3) is 11.8 Å². The molecule has 140 valence electrons. The van der Waals surface area contributed by atoms with Crippen LogP contribution in [0.2, 0.25) is 0 Å². The first-order valence-corrected chi connectivity index (χ1v) is 9.38. The van der Waals surface area contributed by atoms with E-state index < -0.39 is 0 Å². The monoisotopic (exact) mass is 366 g/mol. The molecule has 7 nitrogen and oxygen atoms in total. The lowest BCUT2D eigenvalue weighted by molar-refractivity contribution is 0.0657. The van der Waals surface area contributed by atoms with Crippen molar-refractivity contribution >= 4 is 17.6 Å². The minimum atomic E-state index is -0.254. The molecule has 27 heavy (non-hydrogen) atoms. The van der Waals surface area contributed by atoms with E-state index in [9.17, 15) is 14.4 Å². The van der Waals surface area contributed by atoms with Gasteiger partial charge in [-0.2, -0.15) is 5.10 Å². The van der Waals surface area contributed by atoms with Crippen molar-refractivity contribution in [2.45, 2.75) is 25.8 Å². The highest BCUT2D eigenvalue weighted by atomic mass is 16.2. The fourth-order valence-electron chi connectivity index (χ4n) is 3.64. The van der Waals surface area contributed by atoms with Crippen LogP contribution in [0.3, 0.4) is 0 Å². The largest absolute Gasteiger partial charge is 0.337 e. The summed E-state index contributed by atoms with van der Waals surface area (Å²) in [5.74, 6) is -0.464. The molecule has 7 heteroatoms. The number of piperidine rings is 1. The summed E-state index contributed by atoms with van der Waals surface area (Å²) in [6, 6.07) is 10.5. The summed E-state index contributed by atoms with van der Waals surface area (Å²) in [7, 11) is 0. The molecule has 1 fully saturated rings. The number of Topliss-reactive ketones (excluding diaryl/α,β-unsaturated/α-hetero) is 1. The molecule has 2 aliphatic rings. The molecule has 0 atom stereocenters. The van der Waals surface area contributed by atoms with E-state index in [-0.39, 0.29) is 24.1 Å². The second kappa shape index (κ2) is 7.34. The van der Waals surface area contributed by atoms with Crippen LogP contribution in [0, 0.1) is 0 Å². The van der Waals surface area contributed by atoms with Crippen LogP contribution in [0.25, 0.3) is 0 Å². The van der Waals surface area contributed by atoms with Crippen LogP contribution in [0.1, 0.15) is 50.6 Å². The number of aromatic nitrogens is 2. The summed E-state index contributed by atoms with van der Waals surface area (Å²) in [4.78, 5) is 41.2. The van der Waals surface area contributed by atoms with Crippen molar-refractivity contribution in [3.05, 3.63) is 53.3 Å². The molecule has 1 saturated heterocycles. The van der Waals surface area contributed by atoms with E-state index in [1.807, 2.05) is 6.07 Å². The fraction of sp³-hybridized carbons (Fsp3) is 0.400. The van der Waals surface area contributed by atoms with Gasteiger partial charge in [0, 0.05) is 31.3 Å². The predicted octanol–water partition coefficient (Wildman–Crippen LogP) is 1.85. The third-order valence-electron chi connectivity index (χ3n) is 5.16. The number of hydrogen-bond donors (Lipinski definition) is 0. The smallest absolute Gasteiger partial charge is 0.274 e. The van der Waals surface area contributed by atoms with Gasteiger partial charge in [0.15, 0.2) is 11.5 Å². The molecule has 2 amide bonds. The molecule has 2 aromatic rings. The van der Waals surface area contributed by atoms with Gasteiger partial charge in [-0.15, -0.1) is 0 Å². The van der Waals surface area contributed by atoms with Crippen molar-refractivity contribution in [1.29, 1.82) is 0 Å². The van der Waals surface area contributed by atoms with Crippen LogP contribution in [-0.2, 0) is 6.54 Å². The Labute approximate surface area is 157 Å². The van der Waals surface area contributed by atoms with Crippen LogP contribution in [0.4, 0.5) is 0 Å². The van der Waals surface area contributed by atoms with Crippen LogP contribution in [0.15, 0.2) is 36.4 Å². The molecule has 0 bridgehead atoms. The van der Waals surface area contributed by atoms with Crippen LogP contribution < -0.4 is 0 Å². The van der Waals surface area contributed by atoms with Gasteiger partial charge in [0.1, 0.15) is 5.69 Å². The van der Waals surface area contributed by atoms with Gasteiger partial charge in [-0.25, -0.2) is 0 Å². The maximum atomic E-state index is 12.8. The lowest BCUT2D eigenvalue weighted by Crippen LogP contribution is -2.43. The normalized spacial score (nSPS) is 17.0. The van der Waals surface area contributed by atoms with Crippen molar-refractivity contribution in [2.75, 3.05) is 26.2 Å². The standard InChI is InChI=1S/C20H22N4O3/c25-18(15-7-3-1-4-8-15)14-23-11-12-24-17(20(23)27)13-16(21-24)19(26)22-9-5-2-6-10-22/h1,3-4,7-8,13H,2,5-6,9-12,14H2. The number of benzene rings is 1. The Hall–Kier alpha value is -2.96. The summed E-state index contributed by atoms with van der Waals surface area (Å²) in [5, 5.41) is 4.34. The molecule has 0 unspecified atom stereocenters. The van der Waals surface area contributed by atoms with Crippen LogP contribution in [0.5, 0.6) is 0 Å². The van der Waals surface area contributed by atoms with Crippen molar-refractivity contribution in [3.63, 3.8) is 0 Å². The van der Waals surface area contributed by atoms with E-state index in [2.05, 4.69) is 5.10 Å². The van der Waals surface area contributed by atoms with E-state index in [1.54, 1.807) is 39.9 Å². The van der Waals surface area contributed by atoms with Gasteiger partial charge in [-0.3, -0.25) is 19.1 Å². The first-order valence-electron chi connectivity index (χ1n) is 9.38. The summed E-state index contributed by atoms with van der Waals surface area (Å²) in [6.45, 7) is 2.41. The van der Waals surface area contributed by atoms with Gasteiger partial charge in [0.05, 0.1) is 13.1 Å². The van der Waals surface area contributed by atoms with E-state index in [0.29, 0.717) is 30.0 Å².